The largest absolute Gasteiger partial charge is 0.356 e. The van der Waals surface area contributed by atoms with Crippen LogP contribution in [0.4, 0.5) is 4.79 Å². The second-order valence-electron chi connectivity index (χ2n) is 3.94. The Kier molecular flexibility index (Phi) is 3.35. The molecule has 1 aromatic rings. The molecular formula is C12H15N2OP. The van der Waals surface area contributed by atoms with Crippen molar-refractivity contribution in [2.75, 3.05) is 6.54 Å². The highest BCUT2D eigenvalue weighted by atomic mass is 31.0. The molecule has 0 spiro atoms. The maximum Gasteiger partial charge on any atom is 0.261 e. The van der Waals surface area contributed by atoms with Gasteiger partial charge in [0, 0.05) is 13.1 Å². The second-order valence-corrected chi connectivity index (χ2v) is 4.43. The van der Waals surface area contributed by atoms with E-state index in [9.17, 15) is 4.79 Å². The van der Waals surface area contributed by atoms with Crippen LogP contribution in [0.2, 0.25) is 0 Å². The Labute approximate surface area is 97.8 Å². The molecule has 1 aromatic carbocycles. The van der Waals surface area contributed by atoms with Gasteiger partial charge in [-0.3, -0.25) is 4.79 Å². The number of hydrogen-bond acceptors (Lipinski definition) is 1. The van der Waals surface area contributed by atoms with Crippen molar-refractivity contribution in [3.8, 4) is 0 Å². The SMILES string of the molecule is C/C(=N\C(=O)P)N1CCc2ccccc2C1. The van der Waals surface area contributed by atoms with Crippen molar-refractivity contribution in [2.45, 2.75) is 19.9 Å². The van der Waals surface area contributed by atoms with Gasteiger partial charge in [-0.2, -0.15) is 4.99 Å². The molecule has 1 aliphatic rings. The molecule has 0 radical (unpaired) electrons. The number of fused-ring (bicyclic) bond motifs is 1. The number of hydrogen-bond donors (Lipinski definition) is 0. The van der Waals surface area contributed by atoms with Crippen molar-refractivity contribution in [1.29, 1.82) is 0 Å². The normalized spacial score (nSPS) is 15.9. The number of aliphatic imine (C=N–C) groups is 1. The zero-order chi connectivity index (χ0) is 11.5. The first-order valence-corrected chi connectivity index (χ1v) is 5.91. The Bertz CT molecular complexity index is 442. The average molecular weight is 234 g/mol. The molecule has 1 unspecified atom stereocenters. The lowest BCUT2D eigenvalue weighted by Gasteiger charge is -2.29. The Morgan fingerprint density at radius 3 is 2.75 bits per heavy atom. The lowest BCUT2D eigenvalue weighted by atomic mass is 10.00. The fourth-order valence-corrected chi connectivity index (χ4v) is 2.19. The third kappa shape index (κ3) is 2.48. The molecule has 2 rings (SSSR count). The Hall–Kier alpha value is -1.21. The minimum Gasteiger partial charge on any atom is -0.356 e. The van der Waals surface area contributed by atoms with E-state index in [1.807, 2.05) is 6.92 Å². The zero-order valence-electron chi connectivity index (χ0n) is 9.31. The van der Waals surface area contributed by atoms with Gasteiger partial charge in [-0.1, -0.05) is 24.3 Å². The van der Waals surface area contributed by atoms with Crippen LogP contribution >= 0.6 is 9.24 Å². The molecule has 0 aliphatic carbocycles. The van der Waals surface area contributed by atoms with Crippen LogP contribution in [0.1, 0.15) is 18.1 Å². The summed E-state index contributed by atoms with van der Waals surface area (Å²) in [5.74, 6) is 0.800. The van der Waals surface area contributed by atoms with E-state index in [2.05, 4.69) is 43.4 Å². The van der Waals surface area contributed by atoms with Crippen LogP contribution in [0.25, 0.3) is 0 Å². The Balaban J connectivity index is 2.17. The number of rotatable bonds is 0. The summed E-state index contributed by atoms with van der Waals surface area (Å²) < 4.78 is 0. The molecule has 4 heteroatoms. The van der Waals surface area contributed by atoms with Crippen LogP contribution in [0.3, 0.4) is 0 Å². The van der Waals surface area contributed by atoms with Gasteiger partial charge in [-0.25, -0.2) is 0 Å². The molecule has 1 amide bonds. The fraction of sp³-hybridized carbons (Fsp3) is 0.333. The summed E-state index contributed by atoms with van der Waals surface area (Å²) in [6.45, 7) is 3.67. The van der Waals surface area contributed by atoms with Crippen molar-refractivity contribution < 1.29 is 4.79 Å². The minimum absolute atomic E-state index is 0.212. The lowest BCUT2D eigenvalue weighted by molar-refractivity contribution is 0.267. The third-order valence-electron chi connectivity index (χ3n) is 2.86. The van der Waals surface area contributed by atoms with E-state index in [0.717, 1.165) is 25.3 Å². The third-order valence-corrected chi connectivity index (χ3v) is 2.99. The van der Waals surface area contributed by atoms with E-state index in [1.54, 1.807) is 0 Å². The fourth-order valence-electron chi connectivity index (χ4n) is 2.00. The van der Waals surface area contributed by atoms with Crippen molar-refractivity contribution in [2.24, 2.45) is 4.99 Å². The topological polar surface area (TPSA) is 32.7 Å². The van der Waals surface area contributed by atoms with Crippen LogP contribution in [0.15, 0.2) is 29.3 Å². The van der Waals surface area contributed by atoms with Crippen molar-refractivity contribution in [1.82, 2.24) is 4.90 Å². The Morgan fingerprint density at radius 1 is 1.38 bits per heavy atom. The molecular weight excluding hydrogens is 219 g/mol. The molecule has 16 heavy (non-hydrogen) atoms. The van der Waals surface area contributed by atoms with Crippen LogP contribution in [-0.4, -0.2) is 22.9 Å². The van der Waals surface area contributed by atoms with Gasteiger partial charge < -0.3 is 4.90 Å². The lowest BCUT2D eigenvalue weighted by Crippen LogP contribution is -2.34. The predicted octanol–water partition coefficient (Wildman–Crippen LogP) is 2.46. The van der Waals surface area contributed by atoms with Gasteiger partial charge >= 0.3 is 0 Å². The van der Waals surface area contributed by atoms with Gasteiger partial charge in [0.05, 0.1) is 0 Å². The molecule has 0 N–H and O–H groups in total. The summed E-state index contributed by atoms with van der Waals surface area (Å²) >= 11 is 0. The first kappa shape index (κ1) is 11.3. The monoisotopic (exact) mass is 234 g/mol. The molecule has 84 valence electrons. The van der Waals surface area contributed by atoms with E-state index in [1.165, 1.54) is 11.1 Å². The van der Waals surface area contributed by atoms with E-state index in [-0.39, 0.29) is 5.65 Å². The summed E-state index contributed by atoms with van der Waals surface area (Å²) in [5, 5.41) is 0. The summed E-state index contributed by atoms with van der Waals surface area (Å²) in [7, 11) is 2.08. The van der Waals surface area contributed by atoms with Gasteiger partial charge in [0.1, 0.15) is 5.84 Å². The highest BCUT2D eigenvalue weighted by Crippen LogP contribution is 2.18. The number of nitrogens with zero attached hydrogens (tertiary/aromatic N) is 2. The van der Waals surface area contributed by atoms with Crippen LogP contribution < -0.4 is 0 Å². The summed E-state index contributed by atoms with van der Waals surface area (Å²) in [6.07, 6.45) is 1.02. The molecule has 1 aliphatic heterocycles. The van der Waals surface area contributed by atoms with Gasteiger partial charge in [0.25, 0.3) is 5.65 Å². The number of carbonyl (C=O) groups excluding carboxylic acids is 1. The quantitative estimate of drug-likeness (QED) is 0.392. The maximum absolute atomic E-state index is 10.9. The summed E-state index contributed by atoms with van der Waals surface area (Å²) in [5.41, 5.74) is 2.53. The number of amides is 1. The first-order chi connectivity index (χ1) is 7.66. The number of amidine groups is 1. The predicted molar refractivity (Wildman–Crippen MR) is 68.8 cm³/mol. The van der Waals surface area contributed by atoms with Crippen molar-refractivity contribution in [3.05, 3.63) is 35.4 Å². The first-order valence-electron chi connectivity index (χ1n) is 5.33. The minimum atomic E-state index is -0.212. The highest BCUT2D eigenvalue weighted by Gasteiger charge is 2.16. The van der Waals surface area contributed by atoms with Gasteiger partial charge in [-0.05, 0) is 33.7 Å². The standard InChI is InChI=1S/C12H15N2OP/c1-9(13-12(15)16)14-7-6-10-4-2-3-5-11(10)8-14/h2-5H,6-8,16H2,1H3/b13-9+. The molecule has 0 fully saturated rings. The molecule has 0 saturated carbocycles. The van der Waals surface area contributed by atoms with E-state index in [0.29, 0.717) is 0 Å². The summed E-state index contributed by atoms with van der Waals surface area (Å²) in [4.78, 5) is 17.0. The Morgan fingerprint density at radius 2 is 2.06 bits per heavy atom. The summed E-state index contributed by atoms with van der Waals surface area (Å²) in [6, 6.07) is 8.43. The molecule has 0 saturated heterocycles. The maximum atomic E-state index is 10.9. The average Bonchev–Trinajstić information content (AvgIpc) is 2.27. The molecule has 0 bridgehead atoms. The number of benzene rings is 1. The van der Waals surface area contributed by atoms with Crippen LogP contribution in [0, 0.1) is 0 Å². The highest BCUT2D eigenvalue weighted by molar-refractivity contribution is 7.40. The molecule has 1 heterocycles. The van der Waals surface area contributed by atoms with E-state index in [4.69, 9.17) is 0 Å². The number of carbonyl (C=O) groups is 1. The van der Waals surface area contributed by atoms with E-state index < -0.39 is 0 Å². The van der Waals surface area contributed by atoms with Gasteiger partial charge in [-0.15, -0.1) is 0 Å². The van der Waals surface area contributed by atoms with Crippen LogP contribution in [-0.2, 0) is 13.0 Å². The van der Waals surface area contributed by atoms with Crippen molar-refractivity contribution >= 4 is 20.7 Å². The van der Waals surface area contributed by atoms with Gasteiger partial charge in [0.15, 0.2) is 0 Å². The van der Waals surface area contributed by atoms with E-state index >= 15 is 0 Å². The van der Waals surface area contributed by atoms with Gasteiger partial charge in [0.2, 0.25) is 0 Å². The van der Waals surface area contributed by atoms with Crippen molar-refractivity contribution in [3.63, 3.8) is 0 Å². The second kappa shape index (κ2) is 4.75. The molecule has 1 atom stereocenters. The zero-order valence-corrected chi connectivity index (χ0v) is 10.5. The smallest absolute Gasteiger partial charge is 0.261 e. The molecule has 3 nitrogen and oxygen atoms in total. The van der Waals surface area contributed by atoms with Crippen LogP contribution in [0.5, 0.6) is 0 Å². The molecule has 0 aromatic heterocycles.